The highest BCUT2D eigenvalue weighted by molar-refractivity contribution is 4.65. The molecule has 1 unspecified atom stereocenters. The van der Waals surface area contributed by atoms with Gasteiger partial charge in [0.05, 0.1) is 0 Å². The Bertz CT molecular complexity index is 128. The normalized spacial score (nSPS) is 13.9. The first-order valence-electron chi connectivity index (χ1n) is 5.65. The average Bonchev–Trinajstić information content (AvgIpc) is 2.21. The maximum Gasteiger partial charge on any atom is 0.0109 e. The predicted molar refractivity (Wildman–Crippen MR) is 63.8 cm³/mol. The average molecular weight is 201 g/mol. The van der Waals surface area contributed by atoms with Crippen LogP contribution >= 0.6 is 0 Å². The molecule has 3 nitrogen and oxygen atoms in total. The van der Waals surface area contributed by atoms with Gasteiger partial charge in [0.2, 0.25) is 0 Å². The van der Waals surface area contributed by atoms with E-state index >= 15 is 0 Å². The zero-order valence-electron chi connectivity index (χ0n) is 10.5. The molecule has 0 rings (SSSR count). The van der Waals surface area contributed by atoms with Crippen LogP contribution in [0.4, 0.5) is 0 Å². The van der Waals surface area contributed by atoms with Gasteiger partial charge in [0.15, 0.2) is 0 Å². The van der Waals surface area contributed by atoms with Crippen molar-refractivity contribution in [1.82, 2.24) is 15.1 Å². The number of nitrogens with one attached hydrogen (secondary N) is 1. The van der Waals surface area contributed by atoms with Crippen LogP contribution in [0.2, 0.25) is 0 Å². The fourth-order valence-electron chi connectivity index (χ4n) is 1.28. The summed E-state index contributed by atoms with van der Waals surface area (Å²) < 4.78 is 0. The maximum atomic E-state index is 3.19. The van der Waals surface area contributed by atoms with Gasteiger partial charge in [-0.15, -0.1) is 0 Å². The van der Waals surface area contributed by atoms with Crippen molar-refractivity contribution >= 4 is 0 Å². The Morgan fingerprint density at radius 1 is 1.21 bits per heavy atom. The third kappa shape index (κ3) is 6.35. The van der Waals surface area contributed by atoms with E-state index in [-0.39, 0.29) is 0 Å². The summed E-state index contributed by atoms with van der Waals surface area (Å²) in [5.41, 5.74) is 0. The van der Waals surface area contributed by atoms with Gasteiger partial charge in [-0.05, 0) is 47.6 Å². The van der Waals surface area contributed by atoms with Crippen molar-refractivity contribution in [1.29, 1.82) is 0 Å². The lowest BCUT2D eigenvalue weighted by molar-refractivity contribution is 0.211. The first-order valence-corrected chi connectivity index (χ1v) is 5.65. The molecular weight excluding hydrogens is 174 g/mol. The molecule has 0 saturated carbocycles. The van der Waals surface area contributed by atoms with Gasteiger partial charge in [0.25, 0.3) is 0 Å². The second-order valence-corrected chi connectivity index (χ2v) is 4.12. The molecule has 3 heteroatoms. The van der Waals surface area contributed by atoms with Gasteiger partial charge in [-0.1, -0.05) is 6.92 Å². The van der Waals surface area contributed by atoms with E-state index in [4.69, 9.17) is 0 Å². The van der Waals surface area contributed by atoms with Crippen molar-refractivity contribution in [3.05, 3.63) is 0 Å². The van der Waals surface area contributed by atoms with E-state index in [0.29, 0.717) is 6.04 Å². The van der Waals surface area contributed by atoms with Crippen molar-refractivity contribution in [2.75, 3.05) is 47.3 Å². The molecule has 0 aliphatic rings. The van der Waals surface area contributed by atoms with E-state index < -0.39 is 0 Å². The molecule has 0 heterocycles. The third-order valence-electron chi connectivity index (χ3n) is 2.94. The van der Waals surface area contributed by atoms with Gasteiger partial charge in [0.1, 0.15) is 0 Å². The third-order valence-corrected chi connectivity index (χ3v) is 2.94. The molecular formula is C11H27N3. The molecule has 0 spiro atoms. The van der Waals surface area contributed by atoms with E-state index in [9.17, 15) is 0 Å². The number of likely N-dealkylation sites (N-methyl/N-ethyl adjacent to an activating group) is 2. The van der Waals surface area contributed by atoms with Crippen LogP contribution in [0.15, 0.2) is 0 Å². The summed E-state index contributed by atoms with van der Waals surface area (Å²) in [6, 6.07) is 0.674. The van der Waals surface area contributed by atoms with E-state index in [1.807, 2.05) is 7.05 Å². The topological polar surface area (TPSA) is 18.5 Å². The van der Waals surface area contributed by atoms with E-state index in [1.165, 1.54) is 6.42 Å². The second-order valence-electron chi connectivity index (χ2n) is 4.12. The van der Waals surface area contributed by atoms with Crippen molar-refractivity contribution in [2.45, 2.75) is 26.3 Å². The SMILES string of the molecule is CCN(C)CCN(C)C(C)CCNC. The van der Waals surface area contributed by atoms with E-state index in [2.05, 4.69) is 43.1 Å². The first kappa shape index (κ1) is 13.9. The highest BCUT2D eigenvalue weighted by Gasteiger charge is 2.08. The van der Waals surface area contributed by atoms with Crippen LogP contribution in [0.3, 0.4) is 0 Å². The van der Waals surface area contributed by atoms with Gasteiger partial charge < -0.3 is 15.1 Å². The largest absolute Gasteiger partial charge is 0.320 e. The minimum absolute atomic E-state index is 0.674. The Kier molecular flexibility index (Phi) is 8.14. The smallest absolute Gasteiger partial charge is 0.0109 e. The fraction of sp³-hybridized carbons (Fsp3) is 1.00. The predicted octanol–water partition coefficient (Wildman–Crippen LogP) is 0.868. The van der Waals surface area contributed by atoms with Gasteiger partial charge in [-0.2, -0.15) is 0 Å². The molecule has 0 aromatic rings. The number of hydrogen-bond donors (Lipinski definition) is 1. The zero-order valence-corrected chi connectivity index (χ0v) is 10.5. The highest BCUT2D eigenvalue weighted by Crippen LogP contribution is 1.99. The maximum absolute atomic E-state index is 3.19. The van der Waals surface area contributed by atoms with Crippen LogP contribution in [-0.2, 0) is 0 Å². The van der Waals surface area contributed by atoms with Crippen LogP contribution in [0.1, 0.15) is 20.3 Å². The molecule has 0 radical (unpaired) electrons. The van der Waals surface area contributed by atoms with Crippen molar-refractivity contribution in [2.24, 2.45) is 0 Å². The molecule has 1 atom stereocenters. The summed E-state index contributed by atoms with van der Waals surface area (Å²) in [6.45, 7) is 9.06. The first-order chi connectivity index (χ1) is 6.61. The van der Waals surface area contributed by atoms with Crippen LogP contribution in [0.5, 0.6) is 0 Å². The molecule has 0 aliphatic heterocycles. The number of hydrogen-bond acceptors (Lipinski definition) is 3. The monoisotopic (exact) mass is 201 g/mol. The molecule has 0 aliphatic carbocycles. The fourth-order valence-corrected chi connectivity index (χ4v) is 1.28. The van der Waals surface area contributed by atoms with Crippen LogP contribution in [-0.4, -0.2) is 63.2 Å². The summed E-state index contributed by atoms with van der Waals surface area (Å²) in [5, 5.41) is 3.19. The molecule has 0 bridgehead atoms. The molecule has 0 saturated heterocycles. The van der Waals surface area contributed by atoms with E-state index in [1.54, 1.807) is 0 Å². The molecule has 0 amide bonds. The van der Waals surface area contributed by atoms with Crippen molar-refractivity contribution < 1.29 is 0 Å². The summed E-state index contributed by atoms with van der Waals surface area (Å²) in [7, 11) is 6.40. The highest BCUT2D eigenvalue weighted by atomic mass is 15.2. The lowest BCUT2D eigenvalue weighted by Crippen LogP contribution is -2.37. The van der Waals surface area contributed by atoms with Crippen LogP contribution < -0.4 is 5.32 Å². The lowest BCUT2D eigenvalue weighted by atomic mass is 10.2. The number of nitrogens with zero attached hydrogens (tertiary/aromatic N) is 2. The Balaban J connectivity index is 3.55. The summed E-state index contributed by atoms with van der Waals surface area (Å²) in [4.78, 5) is 4.78. The lowest BCUT2D eigenvalue weighted by Gasteiger charge is -2.26. The minimum Gasteiger partial charge on any atom is -0.320 e. The Morgan fingerprint density at radius 3 is 2.36 bits per heavy atom. The Labute approximate surface area is 89.5 Å². The molecule has 0 aromatic carbocycles. The quantitative estimate of drug-likeness (QED) is 0.628. The van der Waals surface area contributed by atoms with Crippen molar-refractivity contribution in [3.63, 3.8) is 0 Å². The second kappa shape index (κ2) is 8.21. The van der Waals surface area contributed by atoms with Crippen LogP contribution in [0.25, 0.3) is 0 Å². The van der Waals surface area contributed by atoms with Crippen LogP contribution in [0, 0.1) is 0 Å². The molecule has 0 fully saturated rings. The molecule has 86 valence electrons. The number of rotatable bonds is 8. The summed E-state index contributed by atoms with van der Waals surface area (Å²) in [5.74, 6) is 0. The molecule has 1 N–H and O–H groups in total. The zero-order chi connectivity index (χ0) is 11.0. The van der Waals surface area contributed by atoms with Gasteiger partial charge in [-0.3, -0.25) is 0 Å². The summed E-state index contributed by atoms with van der Waals surface area (Å²) >= 11 is 0. The van der Waals surface area contributed by atoms with Gasteiger partial charge in [0, 0.05) is 19.1 Å². The summed E-state index contributed by atoms with van der Waals surface area (Å²) in [6.07, 6.45) is 1.23. The molecule has 0 aromatic heterocycles. The standard InChI is InChI=1S/C11H27N3/c1-6-13(4)9-10-14(5)11(2)7-8-12-3/h11-12H,6-10H2,1-5H3. The molecule has 14 heavy (non-hydrogen) atoms. The minimum atomic E-state index is 0.674. The van der Waals surface area contributed by atoms with E-state index in [0.717, 1.165) is 26.2 Å². The van der Waals surface area contributed by atoms with Gasteiger partial charge >= 0.3 is 0 Å². The Hall–Kier alpha value is -0.120. The van der Waals surface area contributed by atoms with Gasteiger partial charge in [-0.25, -0.2) is 0 Å². The van der Waals surface area contributed by atoms with Crippen molar-refractivity contribution in [3.8, 4) is 0 Å². The Morgan fingerprint density at radius 2 is 1.86 bits per heavy atom.